The van der Waals surface area contributed by atoms with Crippen LogP contribution in [0.4, 0.5) is 19.3 Å². The van der Waals surface area contributed by atoms with Crippen molar-refractivity contribution in [2.24, 2.45) is 13.0 Å². The van der Waals surface area contributed by atoms with Gasteiger partial charge < -0.3 is 24.0 Å². The van der Waals surface area contributed by atoms with E-state index in [1.807, 2.05) is 105 Å². The predicted octanol–water partition coefficient (Wildman–Crippen LogP) is 7.65. The van der Waals surface area contributed by atoms with Gasteiger partial charge in [0.1, 0.15) is 36.2 Å². The Morgan fingerprint density at radius 2 is 1.52 bits per heavy atom. The number of carbonyl (C=O) groups is 1. The SMILES string of the molecule is Cn1nc(-c2ccc(OCc3ccccc3)nc2OCc2ccccc2)c2ccc(N3CCN(C[C@@H]4CCN(C(=O)OC(C)(C)C)C[C@@H]4F)CC3)c(F)c21. The number of aromatic nitrogens is 3. The molecule has 2 aromatic heterocycles. The van der Waals surface area contributed by atoms with E-state index in [1.54, 1.807) is 17.8 Å². The average molecular weight is 739 g/mol. The fourth-order valence-corrected chi connectivity index (χ4v) is 7.16. The first kappa shape index (κ1) is 37.1. The number of pyridine rings is 1. The first-order valence-corrected chi connectivity index (χ1v) is 18.6. The number of amides is 1. The molecule has 1 amide bonds. The first-order valence-electron chi connectivity index (χ1n) is 18.6. The van der Waals surface area contributed by atoms with Crippen molar-refractivity contribution in [2.75, 3.05) is 50.7 Å². The number of piperazine rings is 1. The highest BCUT2D eigenvalue weighted by atomic mass is 19.1. The number of nitrogens with zero attached hydrogens (tertiary/aromatic N) is 6. The molecule has 284 valence electrons. The van der Waals surface area contributed by atoms with E-state index >= 15 is 8.78 Å². The fraction of sp³-hybridized carbons (Fsp3) is 0.405. The molecule has 0 spiro atoms. The van der Waals surface area contributed by atoms with Crippen LogP contribution in [0.5, 0.6) is 11.8 Å². The predicted molar refractivity (Wildman–Crippen MR) is 205 cm³/mol. The van der Waals surface area contributed by atoms with Crippen LogP contribution in [0.25, 0.3) is 22.2 Å². The lowest BCUT2D eigenvalue weighted by atomic mass is 9.94. The quantitative estimate of drug-likeness (QED) is 0.145. The van der Waals surface area contributed by atoms with Crippen molar-refractivity contribution < 1.29 is 27.8 Å². The molecule has 0 radical (unpaired) electrons. The number of alkyl halides is 1. The molecule has 2 aliphatic heterocycles. The molecule has 54 heavy (non-hydrogen) atoms. The molecular weight excluding hydrogens is 690 g/mol. The Morgan fingerprint density at radius 1 is 0.852 bits per heavy atom. The molecule has 12 heteroatoms. The van der Waals surface area contributed by atoms with Gasteiger partial charge >= 0.3 is 6.09 Å². The van der Waals surface area contributed by atoms with Crippen LogP contribution in [-0.2, 0) is 25.0 Å². The Kier molecular flexibility index (Phi) is 11.0. The van der Waals surface area contributed by atoms with Gasteiger partial charge in [0.25, 0.3) is 0 Å². The number of anilines is 1. The minimum Gasteiger partial charge on any atom is -0.473 e. The maximum Gasteiger partial charge on any atom is 0.410 e. The van der Waals surface area contributed by atoms with E-state index in [4.69, 9.17) is 24.3 Å². The molecular formula is C42H48F2N6O4. The summed E-state index contributed by atoms with van der Waals surface area (Å²) in [7, 11) is 1.74. The Morgan fingerprint density at radius 3 is 2.17 bits per heavy atom. The second kappa shape index (κ2) is 16.0. The number of fused-ring (bicyclic) bond motifs is 1. The van der Waals surface area contributed by atoms with Crippen LogP contribution in [0.2, 0.25) is 0 Å². The third-order valence-electron chi connectivity index (χ3n) is 10.00. The second-order valence-corrected chi connectivity index (χ2v) is 15.1. The molecule has 0 unspecified atom stereocenters. The van der Waals surface area contributed by atoms with E-state index in [2.05, 4.69) is 4.90 Å². The maximum absolute atomic E-state index is 16.5. The summed E-state index contributed by atoms with van der Waals surface area (Å²) in [5, 5.41) is 5.43. The molecule has 10 nitrogen and oxygen atoms in total. The number of benzene rings is 3. The van der Waals surface area contributed by atoms with Gasteiger partial charge in [-0.3, -0.25) is 9.58 Å². The summed E-state index contributed by atoms with van der Waals surface area (Å²) in [6.45, 7) is 9.75. The van der Waals surface area contributed by atoms with E-state index in [1.165, 1.54) is 4.90 Å². The van der Waals surface area contributed by atoms with E-state index in [-0.39, 0.29) is 24.9 Å². The second-order valence-electron chi connectivity index (χ2n) is 15.1. The minimum atomic E-state index is -1.12. The largest absolute Gasteiger partial charge is 0.473 e. The summed E-state index contributed by atoms with van der Waals surface area (Å²) in [5.41, 5.74) is 3.47. The van der Waals surface area contributed by atoms with E-state index in [0.717, 1.165) is 11.1 Å². The van der Waals surface area contributed by atoms with Crippen molar-refractivity contribution >= 4 is 22.7 Å². The third kappa shape index (κ3) is 8.59. The molecule has 0 saturated carbocycles. The zero-order valence-corrected chi connectivity index (χ0v) is 31.4. The lowest BCUT2D eigenvalue weighted by Crippen LogP contribution is -2.52. The number of halogens is 2. The normalized spacial score (nSPS) is 18.2. The summed E-state index contributed by atoms with van der Waals surface area (Å²) in [6, 6.07) is 27.1. The van der Waals surface area contributed by atoms with Crippen molar-refractivity contribution in [3.05, 3.63) is 102 Å². The average Bonchev–Trinajstić information content (AvgIpc) is 3.51. The number of rotatable bonds is 10. The number of likely N-dealkylation sites (tertiary alicyclic amines) is 1. The Balaban J connectivity index is 1.04. The summed E-state index contributed by atoms with van der Waals surface area (Å²) < 4.78 is 51.1. The van der Waals surface area contributed by atoms with Crippen LogP contribution in [0.15, 0.2) is 84.9 Å². The van der Waals surface area contributed by atoms with Crippen LogP contribution in [0.3, 0.4) is 0 Å². The van der Waals surface area contributed by atoms with Crippen LogP contribution in [0.1, 0.15) is 38.3 Å². The highest BCUT2D eigenvalue weighted by Crippen LogP contribution is 2.38. The van der Waals surface area contributed by atoms with E-state index in [0.29, 0.717) is 91.9 Å². The van der Waals surface area contributed by atoms with Gasteiger partial charge in [0, 0.05) is 63.7 Å². The third-order valence-corrected chi connectivity index (χ3v) is 10.00. The summed E-state index contributed by atoms with van der Waals surface area (Å²) in [4.78, 5) is 23.0. The van der Waals surface area contributed by atoms with Gasteiger partial charge in [-0.1, -0.05) is 60.7 Å². The number of carbonyl (C=O) groups excluding carboxylic acids is 1. The van der Waals surface area contributed by atoms with Gasteiger partial charge in [-0.2, -0.15) is 10.1 Å². The van der Waals surface area contributed by atoms with Gasteiger partial charge in [-0.05, 0) is 56.5 Å². The number of ether oxygens (including phenoxy) is 3. The van der Waals surface area contributed by atoms with Crippen LogP contribution in [0, 0.1) is 11.7 Å². The highest BCUT2D eigenvalue weighted by molar-refractivity contribution is 5.96. The van der Waals surface area contributed by atoms with Crippen LogP contribution in [-0.4, -0.2) is 88.2 Å². The Bertz CT molecular complexity index is 2050. The lowest BCUT2D eigenvalue weighted by molar-refractivity contribution is 0.00144. The van der Waals surface area contributed by atoms with Crippen LogP contribution < -0.4 is 14.4 Å². The summed E-state index contributed by atoms with van der Waals surface area (Å²) >= 11 is 0. The van der Waals surface area contributed by atoms with Gasteiger partial charge in [-0.15, -0.1) is 0 Å². The standard InChI is InChI=1S/C42H48F2N6O4/c1-42(2,3)54-41(51)50-20-19-31(34(43)26-50)25-48-21-23-49(24-22-48)35-17-15-32-38(46-47(4)39(32)37(35)44)33-16-18-36(52-27-29-11-7-5-8-12-29)45-40(33)53-28-30-13-9-6-10-14-30/h5-18,31,34H,19-28H2,1-4H3/t31-,34-/m0/s1. The smallest absolute Gasteiger partial charge is 0.410 e. The molecule has 2 atom stereocenters. The van der Waals surface area contributed by atoms with E-state index < -0.39 is 17.9 Å². The molecule has 4 heterocycles. The summed E-state index contributed by atoms with van der Waals surface area (Å²) in [5.74, 6) is 0.239. The number of hydrogen-bond acceptors (Lipinski definition) is 8. The molecule has 2 fully saturated rings. The monoisotopic (exact) mass is 738 g/mol. The highest BCUT2D eigenvalue weighted by Gasteiger charge is 2.35. The van der Waals surface area contributed by atoms with Crippen molar-refractivity contribution in [3.63, 3.8) is 0 Å². The molecule has 0 bridgehead atoms. The van der Waals surface area contributed by atoms with Gasteiger partial charge in [0.2, 0.25) is 11.8 Å². The zero-order valence-electron chi connectivity index (χ0n) is 31.4. The van der Waals surface area contributed by atoms with Gasteiger partial charge in [0.05, 0.1) is 17.8 Å². The van der Waals surface area contributed by atoms with Crippen LogP contribution >= 0.6 is 0 Å². The van der Waals surface area contributed by atoms with Gasteiger partial charge in [-0.25, -0.2) is 13.6 Å². The first-order chi connectivity index (χ1) is 26.0. The van der Waals surface area contributed by atoms with E-state index in [9.17, 15) is 4.79 Å². The lowest BCUT2D eigenvalue weighted by Gasteiger charge is -2.41. The molecule has 3 aromatic carbocycles. The van der Waals surface area contributed by atoms with Crippen molar-refractivity contribution in [1.29, 1.82) is 0 Å². The van der Waals surface area contributed by atoms with Crippen molar-refractivity contribution in [2.45, 2.75) is 52.2 Å². The number of hydrogen-bond donors (Lipinski definition) is 0. The topological polar surface area (TPSA) is 85.2 Å². The summed E-state index contributed by atoms with van der Waals surface area (Å²) in [6.07, 6.45) is -1.01. The zero-order chi connectivity index (χ0) is 37.8. The molecule has 2 aliphatic rings. The molecule has 5 aromatic rings. The minimum absolute atomic E-state index is 0.0420. The fourth-order valence-electron chi connectivity index (χ4n) is 7.16. The molecule has 2 saturated heterocycles. The Hall–Kier alpha value is -5.23. The van der Waals surface area contributed by atoms with Crippen molar-refractivity contribution in [3.8, 4) is 23.0 Å². The molecule has 7 rings (SSSR count). The Labute approximate surface area is 315 Å². The van der Waals surface area contributed by atoms with Crippen molar-refractivity contribution in [1.82, 2.24) is 24.6 Å². The van der Waals surface area contributed by atoms with Gasteiger partial charge in [0.15, 0.2) is 5.82 Å². The molecule has 0 N–H and O–H groups in total. The number of piperidine rings is 1. The molecule has 0 aliphatic carbocycles. The maximum atomic E-state index is 16.5. The number of aryl methyl sites for hydroxylation is 1.